The minimum absolute atomic E-state index is 0.0183. The molecule has 0 spiro atoms. The molecule has 8 heteroatoms. The fourth-order valence-electron chi connectivity index (χ4n) is 2.61. The van der Waals surface area contributed by atoms with Gasteiger partial charge in [0.25, 0.3) is 10.0 Å². The Hall–Kier alpha value is -2.35. The lowest BCUT2D eigenvalue weighted by atomic mass is 10.1. The normalized spacial score (nSPS) is 20.1. The number of nitrogens with zero attached hydrogens (tertiary/aromatic N) is 2. The van der Waals surface area contributed by atoms with Gasteiger partial charge in [0.05, 0.1) is 13.3 Å². The van der Waals surface area contributed by atoms with Gasteiger partial charge < -0.3 is 4.74 Å². The van der Waals surface area contributed by atoms with Crippen LogP contribution in [0.5, 0.6) is 5.75 Å². The van der Waals surface area contributed by atoms with Crippen LogP contribution in [0.15, 0.2) is 41.6 Å². The molecule has 1 aromatic heterocycles. The van der Waals surface area contributed by atoms with Crippen LogP contribution >= 0.6 is 0 Å². The molecule has 1 aliphatic carbocycles. The van der Waals surface area contributed by atoms with E-state index >= 15 is 0 Å². The Bertz CT molecular complexity index is 844. The molecule has 1 heterocycles. The van der Waals surface area contributed by atoms with Gasteiger partial charge in [-0.2, -0.15) is 5.10 Å². The standard InChI is InChI=1S/C15H17N3O4S/c1-18-9-10(8-16-18)23(20,21)17-15(19)13-7-12(13)11-5-3-4-6-14(11)22-2/h3-6,8-9,12-13H,7H2,1-2H3,(H,17,19)/t12-,13+/m1/s1. The van der Waals surface area contributed by atoms with E-state index in [0.717, 1.165) is 5.56 Å². The van der Waals surface area contributed by atoms with E-state index in [0.29, 0.717) is 12.2 Å². The molecule has 23 heavy (non-hydrogen) atoms. The van der Waals surface area contributed by atoms with Crippen molar-refractivity contribution >= 4 is 15.9 Å². The van der Waals surface area contributed by atoms with Crippen LogP contribution in [-0.2, 0) is 21.9 Å². The molecule has 0 unspecified atom stereocenters. The highest BCUT2D eigenvalue weighted by Gasteiger charge is 2.46. The Balaban J connectivity index is 1.71. The predicted octanol–water partition coefficient (Wildman–Crippen LogP) is 1.04. The minimum atomic E-state index is -3.88. The average Bonchev–Trinajstić information content (AvgIpc) is 3.20. The number of para-hydroxylation sites is 1. The molecule has 2 aromatic rings. The number of sulfonamides is 1. The smallest absolute Gasteiger partial charge is 0.267 e. The van der Waals surface area contributed by atoms with Crippen molar-refractivity contribution in [1.29, 1.82) is 0 Å². The summed E-state index contributed by atoms with van der Waals surface area (Å²) < 4.78 is 33.1. The molecule has 0 aliphatic heterocycles. The number of hydrogen-bond acceptors (Lipinski definition) is 5. The Morgan fingerprint density at radius 1 is 1.39 bits per heavy atom. The van der Waals surface area contributed by atoms with Crippen LogP contribution < -0.4 is 9.46 Å². The van der Waals surface area contributed by atoms with Gasteiger partial charge in [0.2, 0.25) is 5.91 Å². The number of carbonyl (C=O) groups is 1. The van der Waals surface area contributed by atoms with Crippen molar-refractivity contribution in [2.75, 3.05) is 7.11 Å². The second-order valence-electron chi connectivity index (χ2n) is 5.51. The summed E-state index contributed by atoms with van der Waals surface area (Å²) in [6.07, 6.45) is 3.16. The quantitative estimate of drug-likeness (QED) is 0.881. The van der Waals surface area contributed by atoms with E-state index in [1.165, 1.54) is 17.1 Å². The largest absolute Gasteiger partial charge is 0.496 e. The van der Waals surface area contributed by atoms with Gasteiger partial charge in [0, 0.05) is 19.2 Å². The molecule has 1 saturated carbocycles. The number of ether oxygens (including phenoxy) is 1. The van der Waals surface area contributed by atoms with Crippen molar-refractivity contribution in [2.45, 2.75) is 17.2 Å². The van der Waals surface area contributed by atoms with E-state index < -0.39 is 15.9 Å². The van der Waals surface area contributed by atoms with Gasteiger partial charge in [-0.15, -0.1) is 0 Å². The molecule has 2 atom stereocenters. The summed E-state index contributed by atoms with van der Waals surface area (Å²) in [6, 6.07) is 7.45. The van der Waals surface area contributed by atoms with Crippen molar-refractivity contribution < 1.29 is 17.9 Å². The molecule has 0 saturated heterocycles. The topological polar surface area (TPSA) is 90.3 Å². The maximum atomic E-state index is 12.2. The van der Waals surface area contributed by atoms with Crippen LogP contribution in [0.2, 0.25) is 0 Å². The Kier molecular flexibility index (Phi) is 3.85. The van der Waals surface area contributed by atoms with Crippen LogP contribution in [0.25, 0.3) is 0 Å². The van der Waals surface area contributed by atoms with Gasteiger partial charge in [-0.1, -0.05) is 18.2 Å². The zero-order valence-electron chi connectivity index (χ0n) is 12.8. The van der Waals surface area contributed by atoms with Gasteiger partial charge in [-0.25, -0.2) is 13.1 Å². The zero-order chi connectivity index (χ0) is 16.6. The van der Waals surface area contributed by atoms with Crippen molar-refractivity contribution in [3.05, 3.63) is 42.2 Å². The van der Waals surface area contributed by atoms with Crippen molar-refractivity contribution in [3.8, 4) is 5.75 Å². The molecule has 1 aromatic carbocycles. The molecule has 1 aliphatic rings. The third-order valence-corrected chi connectivity index (χ3v) is 5.19. The third-order valence-electron chi connectivity index (χ3n) is 3.89. The first-order valence-electron chi connectivity index (χ1n) is 7.10. The Morgan fingerprint density at radius 2 is 2.13 bits per heavy atom. The summed E-state index contributed by atoms with van der Waals surface area (Å²) >= 11 is 0. The number of aromatic nitrogens is 2. The summed E-state index contributed by atoms with van der Waals surface area (Å²) in [6.45, 7) is 0. The molecule has 1 N–H and O–H groups in total. The van der Waals surface area contributed by atoms with Crippen LogP contribution in [0, 0.1) is 5.92 Å². The third kappa shape index (κ3) is 3.07. The second-order valence-corrected chi connectivity index (χ2v) is 7.19. The van der Waals surface area contributed by atoms with E-state index in [1.807, 2.05) is 24.3 Å². The number of nitrogens with one attached hydrogen (secondary N) is 1. The lowest BCUT2D eigenvalue weighted by molar-refractivity contribution is -0.120. The molecule has 1 fully saturated rings. The van der Waals surface area contributed by atoms with Crippen molar-refractivity contribution in [1.82, 2.24) is 14.5 Å². The number of benzene rings is 1. The first-order valence-corrected chi connectivity index (χ1v) is 8.59. The number of aryl methyl sites for hydroxylation is 1. The maximum Gasteiger partial charge on any atom is 0.267 e. The molecule has 3 rings (SSSR count). The van der Waals surface area contributed by atoms with Gasteiger partial charge in [-0.3, -0.25) is 9.48 Å². The molecule has 122 valence electrons. The summed E-state index contributed by atoms with van der Waals surface area (Å²) in [7, 11) is -0.696. The van der Waals surface area contributed by atoms with Gasteiger partial charge in [0.1, 0.15) is 10.6 Å². The van der Waals surface area contributed by atoms with E-state index in [1.54, 1.807) is 14.2 Å². The van der Waals surface area contributed by atoms with Gasteiger partial charge >= 0.3 is 0 Å². The summed E-state index contributed by atoms with van der Waals surface area (Å²) in [5, 5.41) is 3.81. The molecule has 0 radical (unpaired) electrons. The molecular weight excluding hydrogens is 318 g/mol. The monoisotopic (exact) mass is 335 g/mol. The summed E-state index contributed by atoms with van der Waals surface area (Å²) in [4.78, 5) is 12.2. The molecule has 0 bridgehead atoms. The van der Waals surface area contributed by atoms with Crippen LogP contribution in [0.3, 0.4) is 0 Å². The zero-order valence-corrected chi connectivity index (χ0v) is 13.6. The summed E-state index contributed by atoms with van der Waals surface area (Å²) in [5.74, 6) is -0.166. The Labute approximate surface area is 134 Å². The number of methoxy groups -OCH3 is 1. The van der Waals surface area contributed by atoms with Gasteiger partial charge in [-0.05, 0) is 24.0 Å². The predicted molar refractivity (Wildman–Crippen MR) is 82.4 cm³/mol. The van der Waals surface area contributed by atoms with Crippen molar-refractivity contribution in [3.63, 3.8) is 0 Å². The fourth-order valence-corrected chi connectivity index (χ4v) is 3.62. The molecule has 1 amide bonds. The van der Waals surface area contributed by atoms with E-state index in [9.17, 15) is 13.2 Å². The van der Waals surface area contributed by atoms with Crippen LogP contribution in [0.4, 0.5) is 0 Å². The second kappa shape index (κ2) is 5.69. The molecular formula is C15H17N3O4S. The van der Waals surface area contributed by atoms with E-state index in [2.05, 4.69) is 9.82 Å². The number of rotatable bonds is 5. The summed E-state index contributed by atoms with van der Waals surface area (Å²) in [5.41, 5.74) is 0.925. The number of amides is 1. The first-order chi connectivity index (χ1) is 10.9. The molecule has 7 nitrogen and oxygen atoms in total. The fraction of sp³-hybridized carbons (Fsp3) is 0.333. The minimum Gasteiger partial charge on any atom is -0.496 e. The number of hydrogen-bond donors (Lipinski definition) is 1. The first kappa shape index (κ1) is 15.5. The average molecular weight is 335 g/mol. The van der Waals surface area contributed by atoms with Crippen LogP contribution in [-0.4, -0.2) is 31.2 Å². The lowest BCUT2D eigenvalue weighted by Gasteiger charge is -2.08. The number of carbonyl (C=O) groups excluding carboxylic acids is 1. The Morgan fingerprint density at radius 3 is 2.78 bits per heavy atom. The highest BCUT2D eigenvalue weighted by Crippen LogP contribution is 2.50. The van der Waals surface area contributed by atoms with Crippen LogP contribution in [0.1, 0.15) is 17.9 Å². The van der Waals surface area contributed by atoms with E-state index in [4.69, 9.17) is 4.74 Å². The SMILES string of the molecule is COc1ccccc1[C@H]1C[C@@H]1C(=O)NS(=O)(=O)c1cnn(C)c1. The highest BCUT2D eigenvalue weighted by molar-refractivity contribution is 7.90. The maximum absolute atomic E-state index is 12.2. The highest BCUT2D eigenvalue weighted by atomic mass is 32.2. The van der Waals surface area contributed by atoms with E-state index in [-0.39, 0.29) is 16.7 Å². The van der Waals surface area contributed by atoms with Crippen molar-refractivity contribution in [2.24, 2.45) is 13.0 Å². The van der Waals surface area contributed by atoms with Gasteiger partial charge in [0.15, 0.2) is 0 Å². The lowest BCUT2D eigenvalue weighted by Crippen LogP contribution is -2.32.